The molecule has 0 bridgehead atoms. The maximum absolute atomic E-state index is 6.09. The van der Waals surface area contributed by atoms with Crippen LogP contribution in [0.25, 0.3) is 0 Å². The van der Waals surface area contributed by atoms with E-state index < -0.39 is 0 Å². The summed E-state index contributed by atoms with van der Waals surface area (Å²) in [7, 11) is 0. The van der Waals surface area contributed by atoms with E-state index in [2.05, 4.69) is 28.2 Å². The van der Waals surface area contributed by atoms with E-state index in [9.17, 15) is 0 Å². The lowest BCUT2D eigenvalue weighted by atomic mass is 10.2. The van der Waals surface area contributed by atoms with Crippen molar-refractivity contribution in [3.05, 3.63) is 56.5 Å². The Bertz CT molecular complexity index is 604. The van der Waals surface area contributed by atoms with Gasteiger partial charge in [0.1, 0.15) is 11.5 Å². The molecule has 5 heteroatoms. The minimum absolute atomic E-state index is 0.491. The summed E-state index contributed by atoms with van der Waals surface area (Å²) in [6.45, 7) is 3.83. The molecule has 0 unspecified atom stereocenters. The fourth-order valence-electron chi connectivity index (χ4n) is 1.68. The fraction of sp³-hybridized carbons (Fsp3) is 0.200. The topological polar surface area (TPSA) is 21.3 Å². The average molecular weight is 375 g/mol. The molecule has 0 amide bonds. The number of halogens is 3. The summed E-state index contributed by atoms with van der Waals surface area (Å²) in [6, 6.07) is 11.0. The smallest absolute Gasteiger partial charge is 0.146 e. The van der Waals surface area contributed by atoms with Crippen LogP contribution in [0.1, 0.15) is 12.5 Å². The van der Waals surface area contributed by atoms with E-state index in [4.69, 9.17) is 27.9 Å². The zero-order valence-electron chi connectivity index (χ0n) is 10.9. The zero-order valence-corrected chi connectivity index (χ0v) is 14.0. The minimum atomic E-state index is 0.491. The third-order valence-corrected chi connectivity index (χ3v) is 3.98. The SMILES string of the molecule is CCNCc1ccc(Oc2ccc(Cl)cc2Cl)cc1Br. The Morgan fingerprint density at radius 3 is 2.60 bits per heavy atom. The Labute approximate surface area is 137 Å². The molecule has 2 rings (SSSR count). The van der Waals surface area contributed by atoms with Crippen molar-refractivity contribution in [3.63, 3.8) is 0 Å². The molecule has 0 radical (unpaired) electrons. The van der Waals surface area contributed by atoms with Gasteiger partial charge in [0.05, 0.1) is 5.02 Å². The Morgan fingerprint density at radius 2 is 1.95 bits per heavy atom. The van der Waals surface area contributed by atoms with Gasteiger partial charge in [-0.2, -0.15) is 0 Å². The van der Waals surface area contributed by atoms with Crippen LogP contribution < -0.4 is 10.1 Å². The number of rotatable bonds is 5. The van der Waals surface area contributed by atoms with E-state index in [0.29, 0.717) is 15.8 Å². The first-order chi connectivity index (χ1) is 9.60. The van der Waals surface area contributed by atoms with Crippen molar-refractivity contribution < 1.29 is 4.74 Å². The highest BCUT2D eigenvalue weighted by Crippen LogP contribution is 2.33. The number of hydrogen-bond acceptors (Lipinski definition) is 2. The van der Waals surface area contributed by atoms with Crippen molar-refractivity contribution in [1.82, 2.24) is 5.32 Å². The van der Waals surface area contributed by atoms with Crippen molar-refractivity contribution in [3.8, 4) is 11.5 Å². The third kappa shape index (κ3) is 4.13. The Hall–Kier alpha value is -0.740. The lowest BCUT2D eigenvalue weighted by molar-refractivity contribution is 0.482. The van der Waals surface area contributed by atoms with Crippen molar-refractivity contribution in [2.75, 3.05) is 6.54 Å². The van der Waals surface area contributed by atoms with Crippen LogP contribution in [-0.4, -0.2) is 6.54 Å². The van der Waals surface area contributed by atoms with Crippen LogP contribution in [0, 0.1) is 0 Å². The molecule has 0 aliphatic carbocycles. The number of nitrogens with one attached hydrogen (secondary N) is 1. The van der Waals surface area contributed by atoms with Gasteiger partial charge in [0, 0.05) is 16.0 Å². The molecular weight excluding hydrogens is 361 g/mol. The van der Waals surface area contributed by atoms with Crippen LogP contribution in [0.3, 0.4) is 0 Å². The summed E-state index contributed by atoms with van der Waals surface area (Å²) in [6.07, 6.45) is 0. The normalized spacial score (nSPS) is 10.6. The number of benzene rings is 2. The lowest BCUT2D eigenvalue weighted by Gasteiger charge is -2.10. The van der Waals surface area contributed by atoms with Crippen LogP contribution in [0.15, 0.2) is 40.9 Å². The molecule has 0 spiro atoms. The van der Waals surface area contributed by atoms with Gasteiger partial charge in [-0.05, 0) is 42.4 Å². The second-order valence-corrected chi connectivity index (χ2v) is 5.91. The van der Waals surface area contributed by atoms with Gasteiger partial charge in [-0.1, -0.05) is 52.1 Å². The largest absolute Gasteiger partial charge is 0.456 e. The van der Waals surface area contributed by atoms with Gasteiger partial charge in [-0.3, -0.25) is 0 Å². The molecule has 0 aliphatic rings. The van der Waals surface area contributed by atoms with E-state index in [0.717, 1.165) is 23.3 Å². The molecule has 0 aromatic heterocycles. The monoisotopic (exact) mass is 373 g/mol. The molecule has 2 nitrogen and oxygen atoms in total. The van der Waals surface area contributed by atoms with Gasteiger partial charge in [0.25, 0.3) is 0 Å². The summed E-state index contributed by atoms with van der Waals surface area (Å²) in [5.74, 6) is 1.31. The molecule has 106 valence electrons. The van der Waals surface area contributed by atoms with Crippen molar-refractivity contribution in [2.24, 2.45) is 0 Å². The first kappa shape index (κ1) is 15.6. The highest BCUT2D eigenvalue weighted by atomic mass is 79.9. The van der Waals surface area contributed by atoms with E-state index in [1.54, 1.807) is 18.2 Å². The van der Waals surface area contributed by atoms with Gasteiger partial charge in [0.15, 0.2) is 0 Å². The molecule has 0 saturated heterocycles. The van der Waals surface area contributed by atoms with Gasteiger partial charge in [-0.25, -0.2) is 0 Å². The quantitative estimate of drug-likeness (QED) is 0.729. The zero-order chi connectivity index (χ0) is 14.5. The maximum atomic E-state index is 6.09. The highest BCUT2D eigenvalue weighted by molar-refractivity contribution is 9.10. The highest BCUT2D eigenvalue weighted by Gasteiger charge is 2.06. The minimum Gasteiger partial charge on any atom is -0.456 e. The first-order valence-electron chi connectivity index (χ1n) is 6.22. The third-order valence-electron chi connectivity index (χ3n) is 2.71. The van der Waals surface area contributed by atoms with E-state index >= 15 is 0 Å². The summed E-state index contributed by atoms with van der Waals surface area (Å²) in [5, 5.41) is 4.36. The average Bonchev–Trinajstić information content (AvgIpc) is 2.41. The maximum Gasteiger partial charge on any atom is 0.146 e. The van der Waals surface area contributed by atoms with Crippen molar-refractivity contribution >= 4 is 39.1 Å². The van der Waals surface area contributed by atoms with Gasteiger partial charge >= 0.3 is 0 Å². The molecule has 0 heterocycles. The second-order valence-electron chi connectivity index (χ2n) is 4.21. The Balaban J connectivity index is 2.15. The fourth-order valence-corrected chi connectivity index (χ4v) is 2.62. The summed E-state index contributed by atoms with van der Waals surface area (Å²) in [5.41, 5.74) is 1.18. The molecule has 1 N–H and O–H groups in total. The van der Waals surface area contributed by atoms with Crippen molar-refractivity contribution in [1.29, 1.82) is 0 Å². The van der Waals surface area contributed by atoms with Crippen LogP contribution in [0.2, 0.25) is 10.0 Å². The second kappa shape index (κ2) is 7.32. The number of ether oxygens (including phenoxy) is 1. The molecule has 0 fully saturated rings. The van der Waals surface area contributed by atoms with Gasteiger partial charge in [-0.15, -0.1) is 0 Å². The molecule has 0 saturated carbocycles. The predicted molar refractivity (Wildman–Crippen MR) is 88.1 cm³/mol. The summed E-state index contributed by atoms with van der Waals surface area (Å²) < 4.78 is 6.76. The Kier molecular flexibility index (Phi) is 5.73. The van der Waals surface area contributed by atoms with Crippen LogP contribution >= 0.6 is 39.1 Å². The predicted octanol–water partition coefficient (Wildman–Crippen LogP) is 5.66. The van der Waals surface area contributed by atoms with E-state index in [-0.39, 0.29) is 0 Å². The molecule has 0 atom stereocenters. The molecule has 0 aliphatic heterocycles. The first-order valence-corrected chi connectivity index (χ1v) is 7.77. The van der Waals surface area contributed by atoms with Crippen LogP contribution in [0.4, 0.5) is 0 Å². The number of hydrogen-bond donors (Lipinski definition) is 1. The summed E-state index contributed by atoms with van der Waals surface area (Å²) in [4.78, 5) is 0. The van der Waals surface area contributed by atoms with Crippen LogP contribution in [-0.2, 0) is 6.54 Å². The standard InChI is InChI=1S/C15H14BrCl2NO/c1-2-19-9-10-3-5-12(8-13(10)16)20-15-6-4-11(17)7-14(15)18/h3-8,19H,2,9H2,1H3. The van der Waals surface area contributed by atoms with Crippen molar-refractivity contribution in [2.45, 2.75) is 13.5 Å². The van der Waals surface area contributed by atoms with E-state index in [1.807, 2.05) is 18.2 Å². The Morgan fingerprint density at radius 1 is 1.15 bits per heavy atom. The van der Waals surface area contributed by atoms with Gasteiger partial charge < -0.3 is 10.1 Å². The molecule has 2 aromatic rings. The van der Waals surface area contributed by atoms with E-state index in [1.165, 1.54) is 5.56 Å². The molecule has 2 aromatic carbocycles. The summed E-state index contributed by atoms with van der Waals surface area (Å²) >= 11 is 15.5. The molecule has 20 heavy (non-hydrogen) atoms. The lowest BCUT2D eigenvalue weighted by Crippen LogP contribution is -2.11. The van der Waals surface area contributed by atoms with Gasteiger partial charge in [0.2, 0.25) is 0 Å². The molecular formula is C15H14BrCl2NO. The van der Waals surface area contributed by atoms with Crippen LogP contribution in [0.5, 0.6) is 11.5 Å².